The SMILES string of the molecule is CC.c1ccc(Sc2cccnc2)cc1. The molecule has 0 bridgehead atoms. The number of benzene rings is 1. The molecule has 2 heteroatoms. The highest BCUT2D eigenvalue weighted by atomic mass is 32.2. The van der Waals surface area contributed by atoms with Gasteiger partial charge in [-0.15, -0.1) is 0 Å². The van der Waals surface area contributed by atoms with E-state index in [-0.39, 0.29) is 0 Å². The maximum atomic E-state index is 4.06. The first-order valence-electron chi connectivity index (χ1n) is 5.08. The molecule has 15 heavy (non-hydrogen) atoms. The van der Waals surface area contributed by atoms with Crippen molar-refractivity contribution in [1.29, 1.82) is 0 Å². The summed E-state index contributed by atoms with van der Waals surface area (Å²) in [5.74, 6) is 0. The molecule has 0 fully saturated rings. The van der Waals surface area contributed by atoms with Crippen LogP contribution in [0.5, 0.6) is 0 Å². The molecule has 0 saturated carbocycles. The van der Waals surface area contributed by atoms with Crippen LogP contribution in [0.1, 0.15) is 13.8 Å². The molecule has 0 aliphatic heterocycles. The summed E-state index contributed by atoms with van der Waals surface area (Å²) in [6.07, 6.45) is 3.66. The van der Waals surface area contributed by atoms with Crippen molar-refractivity contribution in [2.45, 2.75) is 23.6 Å². The van der Waals surface area contributed by atoms with Gasteiger partial charge in [0.1, 0.15) is 0 Å². The van der Waals surface area contributed by atoms with Crippen LogP contribution in [0.2, 0.25) is 0 Å². The van der Waals surface area contributed by atoms with Crippen LogP contribution >= 0.6 is 11.8 Å². The Kier molecular flexibility index (Phi) is 5.56. The molecule has 0 amide bonds. The molecule has 0 atom stereocenters. The van der Waals surface area contributed by atoms with E-state index in [4.69, 9.17) is 0 Å². The van der Waals surface area contributed by atoms with Crippen molar-refractivity contribution in [3.05, 3.63) is 54.9 Å². The maximum absolute atomic E-state index is 4.06. The van der Waals surface area contributed by atoms with Crippen molar-refractivity contribution in [3.8, 4) is 0 Å². The summed E-state index contributed by atoms with van der Waals surface area (Å²) in [4.78, 5) is 6.48. The Hall–Kier alpha value is -1.28. The average molecular weight is 217 g/mol. The summed E-state index contributed by atoms with van der Waals surface area (Å²) in [7, 11) is 0. The van der Waals surface area contributed by atoms with Crippen LogP contribution in [-0.2, 0) is 0 Å². The van der Waals surface area contributed by atoms with Crippen LogP contribution in [0.15, 0.2) is 64.6 Å². The normalized spacial score (nSPS) is 8.93. The van der Waals surface area contributed by atoms with E-state index in [0.29, 0.717) is 0 Å². The number of pyridine rings is 1. The largest absolute Gasteiger partial charge is 0.264 e. The Morgan fingerprint density at radius 1 is 0.867 bits per heavy atom. The Morgan fingerprint density at radius 2 is 1.53 bits per heavy atom. The van der Waals surface area contributed by atoms with Gasteiger partial charge in [-0.2, -0.15) is 0 Å². The van der Waals surface area contributed by atoms with Gasteiger partial charge in [0.05, 0.1) is 0 Å². The summed E-state index contributed by atoms with van der Waals surface area (Å²) >= 11 is 1.73. The van der Waals surface area contributed by atoms with E-state index in [2.05, 4.69) is 23.2 Å². The minimum Gasteiger partial charge on any atom is -0.264 e. The number of aromatic nitrogens is 1. The van der Waals surface area contributed by atoms with E-state index in [1.165, 1.54) is 9.79 Å². The van der Waals surface area contributed by atoms with Gasteiger partial charge in [0.2, 0.25) is 0 Å². The Morgan fingerprint density at radius 3 is 2.13 bits per heavy atom. The molecule has 1 heterocycles. The third-order valence-electron chi connectivity index (χ3n) is 1.61. The second-order valence-electron chi connectivity index (χ2n) is 2.60. The van der Waals surface area contributed by atoms with Crippen molar-refractivity contribution >= 4 is 11.8 Å². The number of nitrogens with zero attached hydrogens (tertiary/aromatic N) is 1. The van der Waals surface area contributed by atoms with Crippen molar-refractivity contribution < 1.29 is 0 Å². The van der Waals surface area contributed by atoms with E-state index in [1.807, 2.05) is 44.3 Å². The van der Waals surface area contributed by atoms with Gasteiger partial charge >= 0.3 is 0 Å². The Balaban J connectivity index is 0.000000531. The van der Waals surface area contributed by atoms with Crippen LogP contribution in [0.3, 0.4) is 0 Å². The molecule has 0 aliphatic rings. The fourth-order valence-electron chi connectivity index (χ4n) is 1.03. The molecule has 1 nitrogen and oxygen atoms in total. The van der Waals surface area contributed by atoms with E-state index < -0.39 is 0 Å². The monoisotopic (exact) mass is 217 g/mol. The lowest BCUT2D eigenvalue weighted by molar-refractivity contribution is 1.23. The fourth-order valence-corrected chi connectivity index (χ4v) is 1.86. The first-order valence-corrected chi connectivity index (χ1v) is 5.90. The maximum Gasteiger partial charge on any atom is 0.0407 e. The van der Waals surface area contributed by atoms with Crippen LogP contribution < -0.4 is 0 Å². The molecule has 78 valence electrons. The lowest BCUT2D eigenvalue weighted by atomic mass is 10.4. The summed E-state index contributed by atoms with van der Waals surface area (Å²) in [5, 5.41) is 0. The van der Waals surface area contributed by atoms with Gasteiger partial charge in [0.15, 0.2) is 0 Å². The van der Waals surface area contributed by atoms with Crippen molar-refractivity contribution in [2.24, 2.45) is 0 Å². The summed E-state index contributed by atoms with van der Waals surface area (Å²) < 4.78 is 0. The van der Waals surface area contributed by atoms with Crippen LogP contribution in [0, 0.1) is 0 Å². The van der Waals surface area contributed by atoms with Gasteiger partial charge < -0.3 is 0 Å². The van der Waals surface area contributed by atoms with Crippen molar-refractivity contribution in [2.75, 3.05) is 0 Å². The highest BCUT2D eigenvalue weighted by molar-refractivity contribution is 7.99. The molecular formula is C13H15NS. The topological polar surface area (TPSA) is 12.9 Å². The summed E-state index contributed by atoms with van der Waals surface area (Å²) in [6.45, 7) is 4.00. The van der Waals surface area contributed by atoms with Gasteiger partial charge in [0.25, 0.3) is 0 Å². The molecule has 0 radical (unpaired) electrons. The van der Waals surface area contributed by atoms with Crippen LogP contribution in [0.4, 0.5) is 0 Å². The number of hydrogen-bond donors (Lipinski definition) is 0. The summed E-state index contributed by atoms with van der Waals surface area (Å²) in [6, 6.07) is 14.3. The van der Waals surface area contributed by atoms with E-state index >= 15 is 0 Å². The minimum atomic E-state index is 1.17. The lowest BCUT2D eigenvalue weighted by Gasteiger charge is -1.98. The molecule has 2 rings (SSSR count). The highest BCUT2D eigenvalue weighted by Crippen LogP contribution is 2.25. The van der Waals surface area contributed by atoms with Crippen molar-refractivity contribution in [1.82, 2.24) is 4.98 Å². The predicted octanol–water partition coefficient (Wildman–Crippen LogP) is 4.26. The second kappa shape index (κ2) is 7.07. The Labute approximate surface area is 95.6 Å². The van der Waals surface area contributed by atoms with Gasteiger partial charge in [-0.1, -0.05) is 43.8 Å². The van der Waals surface area contributed by atoms with E-state index in [0.717, 1.165) is 0 Å². The van der Waals surface area contributed by atoms with E-state index in [1.54, 1.807) is 18.0 Å². The minimum absolute atomic E-state index is 1.17. The molecule has 0 spiro atoms. The molecular weight excluding hydrogens is 202 g/mol. The zero-order valence-corrected chi connectivity index (χ0v) is 9.87. The van der Waals surface area contributed by atoms with Crippen LogP contribution in [0.25, 0.3) is 0 Å². The standard InChI is InChI=1S/C11H9NS.C2H6/c1-2-5-10(6-3-1)13-11-7-4-8-12-9-11;1-2/h1-9H;1-2H3. The van der Waals surface area contributed by atoms with Crippen molar-refractivity contribution in [3.63, 3.8) is 0 Å². The average Bonchev–Trinajstić information content (AvgIpc) is 2.34. The third-order valence-corrected chi connectivity index (χ3v) is 2.60. The third kappa shape index (κ3) is 4.17. The molecule has 1 aromatic heterocycles. The van der Waals surface area contributed by atoms with E-state index in [9.17, 15) is 0 Å². The molecule has 0 saturated heterocycles. The zero-order valence-electron chi connectivity index (χ0n) is 9.05. The van der Waals surface area contributed by atoms with Gasteiger partial charge in [0, 0.05) is 22.2 Å². The van der Waals surface area contributed by atoms with Crippen LogP contribution in [-0.4, -0.2) is 4.98 Å². The number of hydrogen-bond acceptors (Lipinski definition) is 2. The zero-order chi connectivity index (χ0) is 10.9. The van der Waals surface area contributed by atoms with Gasteiger partial charge in [-0.3, -0.25) is 4.98 Å². The molecule has 1 aromatic carbocycles. The smallest absolute Gasteiger partial charge is 0.0407 e. The summed E-state index contributed by atoms with van der Waals surface area (Å²) in [5.41, 5.74) is 0. The lowest BCUT2D eigenvalue weighted by Crippen LogP contribution is -1.73. The molecule has 0 N–H and O–H groups in total. The van der Waals surface area contributed by atoms with Gasteiger partial charge in [-0.05, 0) is 24.3 Å². The molecule has 2 aromatic rings. The number of rotatable bonds is 2. The second-order valence-corrected chi connectivity index (χ2v) is 3.75. The first kappa shape index (κ1) is 11.8. The molecule has 0 unspecified atom stereocenters. The molecule has 0 aliphatic carbocycles. The Bertz CT molecular complexity index is 321. The van der Waals surface area contributed by atoms with Gasteiger partial charge in [-0.25, -0.2) is 0 Å². The highest BCUT2D eigenvalue weighted by Gasteiger charge is 1.94. The quantitative estimate of drug-likeness (QED) is 0.745. The fraction of sp³-hybridized carbons (Fsp3) is 0.154. The first-order chi connectivity index (χ1) is 7.45. The predicted molar refractivity (Wildman–Crippen MR) is 66.2 cm³/mol.